The molecule has 0 fully saturated rings. The fourth-order valence-electron chi connectivity index (χ4n) is 2.07. The predicted octanol–water partition coefficient (Wildman–Crippen LogP) is 2.45. The van der Waals surface area contributed by atoms with Crippen molar-refractivity contribution in [3.8, 4) is 0 Å². The van der Waals surface area contributed by atoms with Crippen molar-refractivity contribution in [1.29, 1.82) is 0 Å². The van der Waals surface area contributed by atoms with Crippen molar-refractivity contribution in [3.63, 3.8) is 0 Å². The van der Waals surface area contributed by atoms with E-state index in [1.165, 1.54) is 6.07 Å². The van der Waals surface area contributed by atoms with Crippen molar-refractivity contribution < 1.29 is 12.8 Å². The number of hydrogen-bond donors (Lipinski definition) is 2. The number of benzene rings is 2. The molecule has 0 aliphatic heterocycles. The van der Waals surface area contributed by atoms with E-state index in [1.54, 1.807) is 0 Å². The summed E-state index contributed by atoms with van der Waals surface area (Å²) in [7, 11) is -3.80. The Bertz CT molecular complexity index is 725. The van der Waals surface area contributed by atoms with Gasteiger partial charge in [0.2, 0.25) is 10.0 Å². The second-order valence-corrected chi connectivity index (χ2v) is 6.43. The predicted molar refractivity (Wildman–Crippen MR) is 80.7 cm³/mol. The van der Waals surface area contributed by atoms with Gasteiger partial charge in [-0.25, -0.2) is 17.5 Å². The highest BCUT2D eigenvalue weighted by atomic mass is 32.2. The van der Waals surface area contributed by atoms with Gasteiger partial charge < -0.3 is 5.73 Å². The van der Waals surface area contributed by atoms with E-state index in [0.717, 1.165) is 29.7 Å². The number of halogens is 1. The van der Waals surface area contributed by atoms with Crippen LogP contribution in [0.5, 0.6) is 0 Å². The number of nitrogen functional groups attached to an aromatic ring is 1. The second kappa shape index (κ2) is 6.24. The van der Waals surface area contributed by atoms with Gasteiger partial charge in [0, 0.05) is 12.2 Å². The van der Waals surface area contributed by atoms with Crippen LogP contribution in [0, 0.1) is 5.82 Å². The number of nitrogens with two attached hydrogens (primary N) is 1. The lowest BCUT2D eigenvalue weighted by Gasteiger charge is -2.10. The summed E-state index contributed by atoms with van der Waals surface area (Å²) >= 11 is 0. The third-order valence-electron chi connectivity index (χ3n) is 3.16. The molecule has 2 aromatic carbocycles. The minimum absolute atomic E-state index is 0.0735. The number of anilines is 1. The molecular formula is C15H17FN2O2S. The third-order valence-corrected chi connectivity index (χ3v) is 4.54. The molecule has 0 aromatic heterocycles. The minimum Gasteiger partial charge on any atom is -0.399 e. The Morgan fingerprint density at radius 2 is 1.81 bits per heavy atom. The van der Waals surface area contributed by atoms with Crippen LogP contribution in [0.3, 0.4) is 0 Å². The number of rotatable bonds is 5. The quantitative estimate of drug-likeness (QED) is 0.833. The van der Waals surface area contributed by atoms with Crippen LogP contribution < -0.4 is 10.5 Å². The van der Waals surface area contributed by atoms with E-state index in [2.05, 4.69) is 4.72 Å². The van der Waals surface area contributed by atoms with E-state index in [9.17, 15) is 12.8 Å². The van der Waals surface area contributed by atoms with Crippen LogP contribution in [0.15, 0.2) is 47.4 Å². The van der Waals surface area contributed by atoms with Gasteiger partial charge in [-0.3, -0.25) is 0 Å². The summed E-state index contributed by atoms with van der Waals surface area (Å²) in [5.41, 5.74) is 7.51. The first-order chi connectivity index (χ1) is 9.92. The fourth-order valence-corrected chi connectivity index (χ4v) is 3.14. The standard InChI is InChI=1S/C15H17FN2O2S/c1-2-11-5-3-4-6-12(11)10-18-21(19,20)15-8-13(16)7-14(17)9-15/h3-9,18H,2,10,17H2,1H3. The monoisotopic (exact) mass is 308 g/mol. The molecule has 2 aromatic rings. The fraction of sp³-hybridized carbons (Fsp3) is 0.200. The molecule has 2 rings (SSSR count). The molecule has 0 unspecified atom stereocenters. The van der Waals surface area contributed by atoms with Crippen molar-refractivity contribution in [2.24, 2.45) is 0 Å². The molecule has 0 bridgehead atoms. The average Bonchev–Trinajstić information content (AvgIpc) is 2.44. The molecule has 21 heavy (non-hydrogen) atoms. The molecule has 6 heteroatoms. The maximum Gasteiger partial charge on any atom is 0.241 e. The van der Waals surface area contributed by atoms with Crippen molar-refractivity contribution in [1.82, 2.24) is 4.72 Å². The summed E-state index contributed by atoms with van der Waals surface area (Å²) in [6.07, 6.45) is 0.810. The molecule has 112 valence electrons. The van der Waals surface area contributed by atoms with Crippen LogP contribution in [0.1, 0.15) is 18.1 Å². The summed E-state index contributed by atoms with van der Waals surface area (Å²) < 4.78 is 40.1. The number of hydrogen-bond acceptors (Lipinski definition) is 3. The van der Waals surface area contributed by atoms with E-state index in [4.69, 9.17) is 5.73 Å². The van der Waals surface area contributed by atoms with E-state index in [-0.39, 0.29) is 17.1 Å². The van der Waals surface area contributed by atoms with Gasteiger partial charge in [0.25, 0.3) is 0 Å². The third kappa shape index (κ3) is 3.80. The molecule has 0 aliphatic rings. The molecule has 0 amide bonds. The first-order valence-electron chi connectivity index (χ1n) is 6.55. The van der Waals surface area contributed by atoms with E-state index in [0.29, 0.717) is 0 Å². The first kappa shape index (κ1) is 15.5. The molecule has 0 spiro atoms. The van der Waals surface area contributed by atoms with Gasteiger partial charge in [-0.2, -0.15) is 0 Å². The molecule has 0 atom stereocenters. The summed E-state index contributed by atoms with van der Waals surface area (Å²) in [5.74, 6) is -0.677. The maximum absolute atomic E-state index is 13.3. The normalized spacial score (nSPS) is 11.5. The Hall–Kier alpha value is -1.92. The van der Waals surface area contributed by atoms with Gasteiger partial charge in [0.05, 0.1) is 4.90 Å². The Labute approximate surface area is 123 Å². The smallest absolute Gasteiger partial charge is 0.241 e. The van der Waals surface area contributed by atoms with Crippen LogP contribution in [0.2, 0.25) is 0 Å². The van der Waals surface area contributed by atoms with Gasteiger partial charge in [-0.1, -0.05) is 31.2 Å². The largest absolute Gasteiger partial charge is 0.399 e. The zero-order valence-electron chi connectivity index (χ0n) is 11.6. The molecule has 0 radical (unpaired) electrons. The lowest BCUT2D eigenvalue weighted by atomic mass is 10.1. The van der Waals surface area contributed by atoms with Crippen LogP contribution in [-0.2, 0) is 23.0 Å². The summed E-state index contributed by atoms with van der Waals surface area (Å²) in [6.45, 7) is 2.16. The van der Waals surface area contributed by atoms with Crippen LogP contribution >= 0.6 is 0 Å². The minimum atomic E-state index is -3.80. The van der Waals surface area contributed by atoms with Crippen LogP contribution in [0.25, 0.3) is 0 Å². The summed E-state index contributed by atoms with van der Waals surface area (Å²) in [4.78, 5) is -0.172. The van der Waals surface area contributed by atoms with Gasteiger partial charge in [-0.05, 0) is 35.7 Å². The first-order valence-corrected chi connectivity index (χ1v) is 8.03. The Morgan fingerprint density at radius 3 is 2.43 bits per heavy atom. The molecule has 4 nitrogen and oxygen atoms in total. The number of aryl methyl sites for hydroxylation is 1. The highest BCUT2D eigenvalue weighted by Crippen LogP contribution is 2.17. The van der Waals surface area contributed by atoms with E-state index in [1.807, 2.05) is 31.2 Å². The SMILES string of the molecule is CCc1ccccc1CNS(=O)(=O)c1cc(N)cc(F)c1. The van der Waals surface area contributed by atoms with Crippen molar-refractivity contribution in [2.45, 2.75) is 24.8 Å². The lowest BCUT2D eigenvalue weighted by Crippen LogP contribution is -2.24. The Kier molecular flexibility index (Phi) is 4.59. The van der Waals surface area contributed by atoms with Crippen molar-refractivity contribution >= 4 is 15.7 Å². The average molecular weight is 308 g/mol. The van der Waals surface area contributed by atoms with Gasteiger partial charge in [0.15, 0.2) is 0 Å². The Morgan fingerprint density at radius 1 is 1.14 bits per heavy atom. The molecule has 0 heterocycles. The Balaban J connectivity index is 2.22. The second-order valence-electron chi connectivity index (χ2n) is 4.67. The van der Waals surface area contributed by atoms with Crippen molar-refractivity contribution in [2.75, 3.05) is 5.73 Å². The number of sulfonamides is 1. The summed E-state index contributed by atoms with van der Waals surface area (Å²) in [5, 5.41) is 0. The van der Waals surface area contributed by atoms with Gasteiger partial charge >= 0.3 is 0 Å². The van der Waals surface area contributed by atoms with Gasteiger partial charge in [0.1, 0.15) is 5.82 Å². The molecule has 0 saturated heterocycles. The summed E-state index contributed by atoms with van der Waals surface area (Å²) in [6, 6.07) is 10.8. The number of nitrogens with one attached hydrogen (secondary N) is 1. The molecule has 0 aliphatic carbocycles. The van der Waals surface area contributed by atoms with Gasteiger partial charge in [-0.15, -0.1) is 0 Å². The topological polar surface area (TPSA) is 72.2 Å². The highest BCUT2D eigenvalue weighted by Gasteiger charge is 2.16. The van der Waals surface area contributed by atoms with E-state index >= 15 is 0 Å². The molecule has 0 saturated carbocycles. The zero-order chi connectivity index (χ0) is 15.5. The van der Waals surface area contributed by atoms with Crippen molar-refractivity contribution in [3.05, 3.63) is 59.4 Å². The highest BCUT2D eigenvalue weighted by molar-refractivity contribution is 7.89. The van der Waals surface area contributed by atoms with E-state index < -0.39 is 15.8 Å². The van der Waals surface area contributed by atoms with Crippen LogP contribution in [-0.4, -0.2) is 8.42 Å². The molecular weight excluding hydrogens is 291 g/mol. The van der Waals surface area contributed by atoms with Crippen LogP contribution in [0.4, 0.5) is 10.1 Å². The lowest BCUT2D eigenvalue weighted by molar-refractivity contribution is 0.577. The zero-order valence-corrected chi connectivity index (χ0v) is 12.5. The molecule has 3 N–H and O–H groups in total. The maximum atomic E-state index is 13.3.